The topological polar surface area (TPSA) is 109 Å². The molecule has 1 aromatic rings. The highest BCUT2D eigenvalue weighted by Crippen LogP contribution is 2.39. The molecule has 2 amide bonds. The summed E-state index contributed by atoms with van der Waals surface area (Å²) in [7, 11) is 0. The van der Waals surface area contributed by atoms with Gasteiger partial charge in [0, 0.05) is 17.7 Å². The van der Waals surface area contributed by atoms with Crippen LogP contribution in [0.25, 0.3) is 0 Å². The number of primary amides is 1. The van der Waals surface area contributed by atoms with Crippen molar-refractivity contribution >= 4 is 34.1 Å². The highest BCUT2D eigenvalue weighted by Gasteiger charge is 2.27. The van der Waals surface area contributed by atoms with Crippen LogP contribution in [-0.4, -0.2) is 22.9 Å². The van der Waals surface area contributed by atoms with E-state index >= 15 is 0 Å². The van der Waals surface area contributed by atoms with Crippen LogP contribution in [0.3, 0.4) is 0 Å². The Bertz CT molecular complexity index is 609. The van der Waals surface area contributed by atoms with E-state index < -0.39 is 11.9 Å². The minimum atomic E-state index is -0.925. The molecule has 0 saturated carbocycles. The number of carbonyl (C=O) groups excluding carboxylic acids is 2. The van der Waals surface area contributed by atoms with Gasteiger partial charge in [0.2, 0.25) is 5.91 Å². The van der Waals surface area contributed by atoms with Crippen LogP contribution in [0.2, 0.25) is 0 Å². The summed E-state index contributed by atoms with van der Waals surface area (Å²) >= 11 is 1.41. The number of anilines is 1. The van der Waals surface area contributed by atoms with Crippen LogP contribution in [0.4, 0.5) is 5.00 Å². The number of aliphatic carboxylic acids is 1. The lowest BCUT2D eigenvalue weighted by molar-refractivity contribution is -0.137. The van der Waals surface area contributed by atoms with Crippen LogP contribution < -0.4 is 11.1 Å². The van der Waals surface area contributed by atoms with Crippen molar-refractivity contribution in [3.8, 4) is 0 Å². The molecule has 0 fully saturated rings. The summed E-state index contributed by atoms with van der Waals surface area (Å²) in [5, 5.41) is 11.8. The molecule has 1 atom stereocenters. The molecule has 0 spiro atoms. The highest BCUT2D eigenvalue weighted by molar-refractivity contribution is 7.17. The minimum Gasteiger partial charge on any atom is -0.481 e. The van der Waals surface area contributed by atoms with E-state index in [-0.39, 0.29) is 25.2 Å². The van der Waals surface area contributed by atoms with Crippen molar-refractivity contribution < 1.29 is 19.5 Å². The number of rotatable bonds is 6. The van der Waals surface area contributed by atoms with E-state index in [2.05, 4.69) is 12.2 Å². The summed E-state index contributed by atoms with van der Waals surface area (Å²) in [5.74, 6) is -1.17. The molecule has 1 aliphatic carbocycles. The molecular weight excluding hydrogens is 304 g/mol. The molecule has 4 N–H and O–H groups in total. The van der Waals surface area contributed by atoms with Gasteiger partial charge in [-0.05, 0) is 37.2 Å². The monoisotopic (exact) mass is 324 g/mol. The molecule has 120 valence electrons. The fourth-order valence-corrected chi connectivity index (χ4v) is 4.12. The van der Waals surface area contributed by atoms with Crippen molar-refractivity contribution in [2.24, 2.45) is 11.7 Å². The summed E-state index contributed by atoms with van der Waals surface area (Å²) < 4.78 is 0. The summed E-state index contributed by atoms with van der Waals surface area (Å²) in [6.45, 7) is 2.16. The molecule has 0 radical (unpaired) electrons. The van der Waals surface area contributed by atoms with Crippen LogP contribution in [0.5, 0.6) is 0 Å². The van der Waals surface area contributed by atoms with Crippen LogP contribution in [0.1, 0.15) is 53.4 Å². The lowest BCUT2D eigenvalue weighted by Gasteiger charge is -2.18. The standard InChI is InChI=1S/C15H20N2O4S/c1-8-5-6-9-10(7-8)22-15(13(9)14(16)21)17-11(18)3-2-4-12(19)20/h8H,2-7H2,1H3,(H2,16,21)(H,17,18)(H,19,20)/t8-/m0/s1. The van der Waals surface area contributed by atoms with Crippen molar-refractivity contribution in [1.82, 2.24) is 0 Å². The van der Waals surface area contributed by atoms with Gasteiger partial charge in [0.15, 0.2) is 0 Å². The number of fused-ring (bicyclic) bond motifs is 1. The third-order valence-electron chi connectivity index (χ3n) is 3.81. The molecule has 7 heteroatoms. The summed E-state index contributed by atoms with van der Waals surface area (Å²) in [6, 6.07) is 0. The number of hydrogen-bond acceptors (Lipinski definition) is 4. The fraction of sp³-hybridized carbons (Fsp3) is 0.533. The van der Waals surface area contributed by atoms with Crippen LogP contribution in [-0.2, 0) is 22.4 Å². The normalized spacial score (nSPS) is 16.9. The van der Waals surface area contributed by atoms with Gasteiger partial charge in [-0.15, -0.1) is 11.3 Å². The first-order valence-electron chi connectivity index (χ1n) is 7.34. The van der Waals surface area contributed by atoms with Gasteiger partial charge in [-0.1, -0.05) is 6.92 Å². The van der Waals surface area contributed by atoms with Crippen molar-refractivity contribution in [1.29, 1.82) is 0 Å². The fourth-order valence-electron chi connectivity index (χ4n) is 2.69. The van der Waals surface area contributed by atoms with Gasteiger partial charge in [-0.25, -0.2) is 0 Å². The van der Waals surface area contributed by atoms with Gasteiger partial charge in [0.05, 0.1) is 5.56 Å². The van der Waals surface area contributed by atoms with E-state index in [1.165, 1.54) is 11.3 Å². The van der Waals surface area contributed by atoms with Crippen molar-refractivity contribution in [3.05, 3.63) is 16.0 Å². The lowest BCUT2D eigenvalue weighted by atomic mass is 9.88. The molecule has 0 aromatic carbocycles. The Labute approximate surface area is 132 Å². The van der Waals surface area contributed by atoms with E-state index in [9.17, 15) is 14.4 Å². The number of nitrogens with two attached hydrogens (primary N) is 1. The smallest absolute Gasteiger partial charge is 0.303 e. The van der Waals surface area contributed by atoms with Crippen molar-refractivity contribution in [3.63, 3.8) is 0 Å². The molecule has 1 heterocycles. The zero-order valence-corrected chi connectivity index (χ0v) is 13.3. The Morgan fingerprint density at radius 3 is 2.73 bits per heavy atom. The second kappa shape index (κ2) is 6.91. The molecule has 0 bridgehead atoms. The van der Waals surface area contributed by atoms with E-state index in [0.29, 0.717) is 16.5 Å². The van der Waals surface area contributed by atoms with Crippen LogP contribution >= 0.6 is 11.3 Å². The molecule has 1 aliphatic rings. The minimum absolute atomic E-state index is 0.0471. The Morgan fingerprint density at radius 2 is 2.09 bits per heavy atom. The number of carboxylic acids is 1. The lowest BCUT2D eigenvalue weighted by Crippen LogP contribution is -2.19. The number of carbonyl (C=O) groups is 3. The number of thiophene rings is 1. The van der Waals surface area contributed by atoms with Gasteiger partial charge in [-0.2, -0.15) is 0 Å². The molecule has 0 saturated heterocycles. The van der Waals surface area contributed by atoms with E-state index in [4.69, 9.17) is 10.8 Å². The summed E-state index contributed by atoms with van der Waals surface area (Å²) in [6.07, 6.45) is 3.05. The largest absolute Gasteiger partial charge is 0.481 e. The average molecular weight is 324 g/mol. The first kappa shape index (κ1) is 16.5. The second-order valence-corrected chi connectivity index (χ2v) is 6.82. The van der Waals surface area contributed by atoms with Gasteiger partial charge in [-0.3, -0.25) is 14.4 Å². The zero-order chi connectivity index (χ0) is 16.3. The molecule has 0 unspecified atom stereocenters. The molecule has 0 aliphatic heterocycles. The molecule has 22 heavy (non-hydrogen) atoms. The number of nitrogens with one attached hydrogen (secondary N) is 1. The number of amides is 2. The van der Waals surface area contributed by atoms with Crippen molar-refractivity contribution in [2.45, 2.75) is 45.4 Å². The van der Waals surface area contributed by atoms with E-state index in [1.807, 2.05) is 0 Å². The average Bonchev–Trinajstić information content (AvgIpc) is 2.74. The molecular formula is C15H20N2O4S. The number of hydrogen-bond donors (Lipinski definition) is 3. The maximum absolute atomic E-state index is 11.9. The first-order valence-corrected chi connectivity index (χ1v) is 8.16. The van der Waals surface area contributed by atoms with Gasteiger partial charge in [0.1, 0.15) is 5.00 Å². The third kappa shape index (κ3) is 3.85. The van der Waals surface area contributed by atoms with Gasteiger partial charge >= 0.3 is 5.97 Å². The quantitative estimate of drug-likeness (QED) is 0.745. The SMILES string of the molecule is C[C@H]1CCc2c(sc(NC(=O)CCCC(=O)O)c2C(N)=O)C1. The van der Waals surface area contributed by atoms with Crippen LogP contribution in [0, 0.1) is 5.92 Å². The molecule has 6 nitrogen and oxygen atoms in total. The van der Waals surface area contributed by atoms with Gasteiger partial charge < -0.3 is 16.2 Å². The number of carboxylic acid groups (broad SMARTS) is 1. The first-order chi connectivity index (χ1) is 10.4. The van der Waals surface area contributed by atoms with Crippen molar-refractivity contribution in [2.75, 3.05) is 5.32 Å². The van der Waals surface area contributed by atoms with E-state index in [0.717, 1.165) is 29.7 Å². The summed E-state index contributed by atoms with van der Waals surface area (Å²) in [5.41, 5.74) is 6.87. The van der Waals surface area contributed by atoms with Crippen LogP contribution in [0.15, 0.2) is 0 Å². The Hall–Kier alpha value is -1.89. The third-order valence-corrected chi connectivity index (χ3v) is 4.98. The molecule has 1 aromatic heterocycles. The Kier molecular flexibility index (Phi) is 5.18. The zero-order valence-electron chi connectivity index (χ0n) is 12.5. The highest BCUT2D eigenvalue weighted by atomic mass is 32.1. The predicted molar refractivity (Wildman–Crippen MR) is 84.1 cm³/mol. The second-order valence-electron chi connectivity index (χ2n) is 5.72. The summed E-state index contributed by atoms with van der Waals surface area (Å²) in [4.78, 5) is 35.2. The molecule has 2 rings (SSSR count). The van der Waals surface area contributed by atoms with E-state index in [1.54, 1.807) is 0 Å². The maximum atomic E-state index is 11.9. The Morgan fingerprint density at radius 1 is 1.36 bits per heavy atom. The maximum Gasteiger partial charge on any atom is 0.303 e. The predicted octanol–water partition coefficient (Wildman–Crippen LogP) is 2.17. The van der Waals surface area contributed by atoms with Gasteiger partial charge in [0.25, 0.3) is 5.91 Å². The Balaban J connectivity index is 2.12.